The summed E-state index contributed by atoms with van der Waals surface area (Å²) in [5.74, 6) is -0.559. The van der Waals surface area contributed by atoms with Crippen molar-refractivity contribution in [1.29, 1.82) is 0 Å². The van der Waals surface area contributed by atoms with Crippen LogP contribution in [0.4, 0.5) is 5.69 Å². The number of nitrogens with one attached hydrogen (secondary N) is 2. The fourth-order valence-corrected chi connectivity index (χ4v) is 5.16. The van der Waals surface area contributed by atoms with Crippen molar-refractivity contribution in [3.8, 4) is 11.7 Å². The van der Waals surface area contributed by atoms with Gasteiger partial charge in [-0.2, -0.15) is 10.6 Å². The van der Waals surface area contributed by atoms with E-state index in [4.69, 9.17) is 27.9 Å². The van der Waals surface area contributed by atoms with E-state index in [1.54, 1.807) is 25.1 Å². The minimum atomic E-state index is -2.61. The number of aryl methyl sites for hydroxylation is 1. The highest BCUT2D eigenvalue weighted by Gasteiger charge is 2.36. The molecule has 1 aliphatic heterocycles. The number of amides is 2. The molecule has 0 aliphatic carbocycles. The van der Waals surface area contributed by atoms with Crippen molar-refractivity contribution >= 4 is 51.3 Å². The summed E-state index contributed by atoms with van der Waals surface area (Å²) >= 11 is 12.4. The van der Waals surface area contributed by atoms with Crippen LogP contribution in [0.25, 0.3) is 5.82 Å². The second-order valence-electron chi connectivity index (χ2n) is 7.64. The maximum Gasteiger partial charge on any atom is 0.274 e. The predicted molar refractivity (Wildman–Crippen MR) is 131 cm³/mol. The number of carbonyl (C=O) groups is 2. The maximum absolute atomic E-state index is 13.4. The first-order valence-corrected chi connectivity index (χ1v) is 12.7. The molecule has 3 aromatic rings. The summed E-state index contributed by atoms with van der Waals surface area (Å²) in [6.07, 6.45) is 1.06. The smallest absolute Gasteiger partial charge is 0.274 e. The molecule has 2 amide bonds. The predicted octanol–water partition coefficient (Wildman–Crippen LogP) is 4.01. The molecule has 1 saturated heterocycles. The molecule has 0 unspecified atom stereocenters. The number of carbonyl (C=O) groups excluding carboxylic acids is 2. The van der Waals surface area contributed by atoms with Gasteiger partial charge in [0.1, 0.15) is 11.8 Å². The van der Waals surface area contributed by atoms with Gasteiger partial charge >= 0.3 is 0 Å². The van der Waals surface area contributed by atoms with Gasteiger partial charge in [-0.05, 0) is 36.8 Å². The summed E-state index contributed by atoms with van der Waals surface area (Å²) in [6.45, 7) is 1.71. The van der Waals surface area contributed by atoms with Gasteiger partial charge in [-0.1, -0.05) is 23.2 Å². The highest BCUT2D eigenvalue weighted by Crippen LogP contribution is 2.49. The van der Waals surface area contributed by atoms with E-state index in [1.165, 1.54) is 30.1 Å². The van der Waals surface area contributed by atoms with E-state index in [9.17, 15) is 18.7 Å². The molecule has 10 nitrogen and oxygen atoms in total. The van der Waals surface area contributed by atoms with Gasteiger partial charge in [-0.15, -0.1) is 5.10 Å². The molecule has 0 radical (unpaired) electrons. The number of hydrogen-bond donors (Lipinski definition) is 4. The number of anilines is 1. The quantitative estimate of drug-likeness (QED) is 0.381. The number of rotatable bonds is 6. The van der Waals surface area contributed by atoms with Crippen molar-refractivity contribution in [2.45, 2.75) is 13.0 Å². The lowest BCUT2D eigenvalue weighted by atomic mass is 10.1. The average Bonchev–Trinajstić information content (AvgIpc) is 3.17. The zero-order valence-corrected chi connectivity index (χ0v) is 20.4. The normalized spacial score (nSPS) is 15.8. The molecule has 0 atom stereocenters. The SMILES string of the molecule is CNC(=O)c1cc(Cl)cc(C)c1NC(=O)c1cc(OC2CS(O)(O)C2)nn1-c1ncccc1Cl. The van der Waals surface area contributed by atoms with Crippen LogP contribution in [0, 0.1) is 6.92 Å². The van der Waals surface area contributed by atoms with Crippen molar-refractivity contribution in [3.05, 3.63) is 63.4 Å². The van der Waals surface area contributed by atoms with Crippen LogP contribution in [-0.4, -0.2) is 60.3 Å². The molecule has 4 rings (SSSR count). The molecule has 1 fully saturated rings. The highest BCUT2D eigenvalue weighted by atomic mass is 35.5. The standard InChI is InChI=1S/C21H21Cl2N5O5S/c1-11-6-12(22)7-14(20(29)24-2)18(11)26-21(30)16-8-17(33-13-9-34(31,32)10-13)27-28(16)19-15(23)4-3-5-25-19/h3-8,13,31-32H,9-10H2,1-2H3,(H,24,29)(H,26,30). The van der Waals surface area contributed by atoms with Gasteiger partial charge in [0.05, 0.1) is 27.8 Å². The fourth-order valence-electron chi connectivity index (χ4n) is 3.46. The van der Waals surface area contributed by atoms with Crippen LogP contribution in [-0.2, 0) is 0 Å². The molecule has 180 valence electrons. The molecule has 1 aromatic carbocycles. The first-order valence-electron chi connectivity index (χ1n) is 10.0. The molecular formula is C21H21Cl2N5O5S. The first kappa shape index (κ1) is 24.3. The average molecular weight is 526 g/mol. The molecule has 13 heteroatoms. The van der Waals surface area contributed by atoms with Gasteiger partial charge in [-0.25, -0.2) is 9.67 Å². The van der Waals surface area contributed by atoms with Gasteiger partial charge < -0.3 is 15.4 Å². The third kappa shape index (κ3) is 4.98. The van der Waals surface area contributed by atoms with Crippen LogP contribution in [0.2, 0.25) is 10.0 Å². The summed E-state index contributed by atoms with van der Waals surface area (Å²) in [6, 6.07) is 7.72. The largest absolute Gasteiger partial charge is 0.470 e. The van der Waals surface area contributed by atoms with Crippen LogP contribution >= 0.6 is 33.8 Å². The Kier molecular flexibility index (Phi) is 6.74. The van der Waals surface area contributed by atoms with E-state index in [1.807, 2.05) is 0 Å². The van der Waals surface area contributed by atoms with E-state index in [-0.39, 0.29) is 45.2 Å². The summed E-state index contributed by atoms with van der Waals surface area (Å²) < 4.78 is 26.2. The fraction of sp³-hybridized carbons (Fsp3) is 0.238. The Bertz CT molecular complexity index is 1270. The number of hydrogen-bond acceptors (Lipinski definition) is 7. The van der Waals surface area contributed by atoms with Crippen LogP contribution in [0.15, 0.2) is 36.5 Å². The van der Waals surface area contributed by atoms with E-state index in [0.717, 1.165) is 0 Å². The summed E-state index contributed by atoms with van der Waals surface area (Å²) in [4.78, 5) is 30.0. The third-order valence-electron chi connectivity index (χ3n) is 5.06. The summed E-state index contributed by atoms with van der Waals surface area (Å²) in [5, 5.41) is 10.2. The molecule has 0 saturated carbocycles. The van der Waals surface area contributed by atoms with Gasteiger partial charge in [0.25, 0.3) is 11.8 Å². The first-order chi connectivity index (χ1) is 16.1. The molecule has 2 aromatic heterocycles. The maximum atomic E-state index is 13.4. The highest BCUT2D eigenvalue weighted by molar-refractivity contribution is 8.25. The van der Waals surface area contributed by atoms with Crippen LogP contribution in [0.5, 0.6) is 5.88 Å². The molecule has 0 spiro atoms. The number of nitrogens with zero attached hydrogens (tertiary/aromatic N) is 3. The van der Waals surface area contributed by atoms with Gasteiger partial charge in [0.15, 0.2) is 5.82 Å². The minimum Gasteiger partial charge on any atom is -0.470 e. The zero-order chi connectivity index (χ0) is 24.6. The lowest BCUT2D eigenvalue weighted by Crippen LogP contribution is -2.42. The molecule has 34 heavy (non-hydrogen) atoms. The van der Waals surface area contributed by atoms with Gasteiger partial charge in [-0.3, -0.25) is 18.7 Å². The summed E-state index contributed by atoms with van der Waals surface area (Å²) in [5.41, 5.74) is 1.10. The lowest BCUT2D eigenvalue weighted by molar-refractivity contribution is 0.0964. The van der Waals surface area contributed by atoms with Crippen LogP contribution in [0.1, 0.15) is 26.4 Å². The van der Waals surface area contributed by atoms with E-state index in [2.05, 4.69) is 20.7 Å². The Morgan fingerprint density at radius 3 is 2.59 bits per heavy atom. The van der Waals surface area contributed by atoms with Crippen molar-refractivity contribution < 1.29 is 23.4 Å². The van der Waals surface area contributed by atoms with Crippen LogP contribution in [0.3, 0.4) is 0 Å². The van der Waals surface area contributed by atoms with Gasteiger partial charge in [0.2, 0.25) is 5.88 Å². The van der Waals surface area contributed by atoms with Crippen molar-refractivity contribution in [1.82, 2.24) is 20.1 Å². The van der Waals surface area contributed by atoms with E-state index < -0.39 is 28.5 Å². The molecule has 1 aliphatic rings. The Balaban J connectivity index is 1.71. The second-order valence-corrected chi connectivity index (χ2v) is 10.8. The lowest BCUT2D eigenvalue weighted by Gasteiger charge is -2.45. The van der Waals surface area contributed by atoms with Crippen molar-refractivity contribution in [3.63, 3.8) is 0 Å². The van der Waals surface area contributed by atoms with Crippen molar-refractivity contribution in [2.24, 2.45) is 0 Å². The Labute approximate surface area is 206 Å². The number of halogens is 2. The minimum absolute atomic E-state index is 0.0405. The topological polar surface area (TPSA) is 139 Å². The Morgan fingerprint density at radius 2 is 1.94 bits per heavy atom. The van der Waals surface area contributed by atoms with Crippen molar-refractivity contribution in [2.75, 3.05) is 23.9 Å². The number of ether oxygens (including phenoxy) is 1. The number of aromatic nitrogens is 3. The second kappa shape index (κ2) is 9.43. The van der Waals surface area contributed by atoms with Gasteiger partial charge in [0, 0.05) is 24.3 Å². The number of pyridine rings is 1. The molecular weight excluding hydrogens is 505 g/mol. The van der Waals surface area contributed by atoms with E-state index >= 15 is 0 Å². The summed E-state index contributed by atoms with van der Waals surface area (Å²) in [7, 11) is -1.14. The molecule has 3 heterocycles. The Hall–Kier alpha value is -2.83. The zero-order valence-electron chi connectivity index (χ0n) is 18.1. The van der Waals surface area contributed by atoms with Crippen LogP contribution < -0.4 is 15.4 Å². The van der Waals surface area contributed by atoms with E-state index in [0.29, 0.717) is 10.6 Å². The molecule has 0 bridgehead atoms. The Morgan fingerprint density at radius 1 is 1.21 bits per heavy atom. The monoisotopic (exact) mass is 525 g/mol. The molecule has 4 N–H and O–H groups in total. The number of benzene rings is 1. The third-order valence-corrected chi connectivity index (χ3v) is 7.39.